The number of nitrogens with zero attached hydrogens (tertiary/aromatic N) is 1. The van der Waals surface area contributed by atoms with Crippen LogP contribution in [-0.2, 0) is 4.74 Å². The Morgan fingerprint density at radius 1 is 1.17 bits per heavy atom. The number of nitrogens with one attached hydrogen (secondary N) is 1. The maximum absolute atomic E-state index is 12.6. The van der Waals surface area contributed by atoms with Gasteiger partial charge in [-0.2, -0.15) is 0 Å². The molecule has 2 aliphatic heterocycles. The van der Waals surface area contributed by atoms with Crippen LogP contribution >= 0.6 is 0 Å². The topological polar surface area (TPSA) is 50.8 Å². The first-order chi connectivity index (χ1) is 11.3. The molecular weight excluding hydrogens is 292 g/mol. The van der Waals surface area contributed by atoms with Crippen LogP contribution in [0.3, 0.4) is 0 Å². The molecule has 3 fully saturated rings. The standard InChI is InChI=1S/C18H24N2O3/c21-18(20-10-13-4-3-5-14(13)11-20)19-16-6-1-2-7-17(16)23-15-8-9-22-12-15/h1-2,6-7,13-15H,3-5,8-12H2,(H,19,21). The van der Waals surface area contributed by atoms with Gasteiger partial charge >= 0.3 is 6.03 Å². The maximum Gasteiger partial charge on any atom is 0.321 e. The molecule has 3 unspecified atom stereocenters. The van der Waals surface area contributed by atoms with E-state index in [0.717, 1.165) is 37.6 Å². The van der Waals surface area contributed by atoms with Gasteiger partial charge in [-0.25, -0.2) is 4.79 Å². The first kappa shape index (κ1) is 14.8. The van der Waals surface area contributed by atoms with E-state index in [1.54, 1.807) is 0 Å². The van der Waals surface area contributed by atoms with Crippen molar-refractivity contribution in [3.63, 3.8) is 0 Å². The zero-order valence-corrected chi connectivity index (χ0v) is 13.4. The van der Waals surface area contributed by atoms with Crippen molar-refractivity contribution in [2.24, 2.45) is 11.8 Å². The lowest BCUT2D eigenvalue weighted by Gasteiger charge is -2.20. The molecule has 124 valence electrons. The third-order valence-corrected chi connectivity index (χ3v) is 5.32. The van der Waals surface area contributed by atoms with E-state index < -0.39 is 0 Å². The van der Waals surface area contributed by atoms with Gasteiger partial charge in [-0.3, -0.25) is 0 Å². The second-order valence-electron chi connectivity index (χ2n) is 6.89. The van der Waals surface area contributed by atoms with E-state index >= 15 is 0 Å². The van der Waals surface area contributed by atoms with Crippen LogP contribution < -0.4 is 10.1 Å². The first-order valence-electron chi connectivity index (χ1n) is 8.69. The summed E-state index contributed by atoms with van der Waals surface area (Å²) in [6.07, 6.45) is 4.85. The third kappa shape index (κ3) is 3.15. The van der Waals surface area contributed by atoms with Gasteiger partial charge in [0, 0.05) is 19.5 Å². The molecule has 0 spiro atoms. The third-order valence-electron chi connectivity index (χ3n) is 5.32. The SMILES string of the molecule is O=C(Nc1ccccc1OC1CCOC1)N1CC2CCCC2C1. The number of likely N-dealkylation sites (tertiary alicyclic amines) is 1. The van der Waals surface area contributed by atoms with Crippen molar-refractivity contribution in [2.45, 2.75) is 31.8 Å². The molecule has 3 atom stereocenters. The Bertz CT molecular complexity index is 559. The number of anilines is 1. The number of ether oxygens (including phenoxy) is 2. The number of carbonyl (C=O) groups is 1. The second kappa shape index (κ2) is 6.40. The van der Waals surface area contributed by atoms with Crippen molar-refractivity contribution in [1.29, 1.82) is 0 Å². The van der Waals surface area contributed by atoms with E-state index in [9.17, 15) is 4.79 Å². The van der Waals surface area contributed by atoms with E-state index in [1.807, 2.05) is 29.2 Å². The average molecular weight is 316 g/mol. The smallest absolute Gasteiger partial charge is 0.321 e. The maximum atomic E-state index is 12.6. The molecule has 4 rings (SSSR count). The van der Waals surface area contributed by atoms with Gasteiger partial charge in [-0.1, -0.05) is 18.6 Å². The summed E-state index contributed by atoms with van der Waals surface area (Å²) in [6.45, 7) is 3.17. The fourth-order valence-electron chi connectivity index (χ4n) is 4.05. The normalized spacial score (nSPS) is 29.6. The molecule has 23 heavy (non-hydrogen) atoms. The summed E-state index contributed by atoms with van der Waals surface area (Å²) in [5.74, 6) is 2.15. The van der Waals surface area contributed by atoms with Gasteiger partial charge in [-0.05, 0) is 36.8 Å². The zero-order valence-electron chi connectivity index (χ0n) is 13.4. The van der Waals surface area contributed by atoms with E-state index in [2.05, 4.69) is 5.32 Å². The summed E-state index contributed by atoms with van der Waals surface area (Å²) in [5, 5.41) is 3.04. The molecule has 2 heterocycles. The number of urea groups is 1. The lowest BCUT2D eigenvalue weighted by atomic mass is 10.0. The number of amides is 2. The monoisotopic (exact) mass is 316 g/mol. The van der Waals surface area contributed by atoms with E-state index in [-0.39, 0.29) is 12.1 Å². The highest BCUT2D eigenvalue weighted by Gasteiger charge is 2.38. The Morgan fingerprint density at radius 3 is 2.70 bits per heavy atom. The minimum absolute atomic E-state index is 0.00174. The van der Waals surface area contributed by atoms with Crippen molar-refractivity contribution in [3.8, 4) is 5.75 Å². The average Bonchev–Trinajstić information content (AvgIpc) is 3.25. The summed E-state index contributed by atoms with van der Waals surface area (Å²) in [4.78, 5) is 14.5. The van der Waals surface area contributed by atoms with Gasteiger partial charge in [-0.15, -0.1) is 0 Å². The fourth-order valence-corrected chi connectivity index (χ4v) is 4.05. The summed E-state index contributed by atoms with van der Waals surface area (Å²) in [5.41, 5.74) is 0.751. The minimum Gasteiger partial charge on any atom is -0.486 e. The van der Waals surface area contributed by atoms with Gasteiger partial charge in [0.1, 0.15) is 11.9 Å². The number of hydrogen-bond acceptors (Lipinski definition) is 3. The molecular formula is C18H24N2O3. The van der Waals surface area contributed by atoms with Crippen LogP contribution in [0.4, 0.5) is 10.5 Å². The minimum atomic E-state index is -0.00174. The highest BCUT2D eigenvalue weighted by atomic mass is 16.5. The fraction of sp³-hybridized carbons (Fsp3) is 0.611. The molecule has 3 aliphatic rings. The highest BCUT2D eigenvalue weighted by molar-refractivity contribution is 5.91. The van der Waals surface area contributed by atoms with E-state index in [0.29, 0.717) is 18.4 Å². The van der Waals surface area contributed by atoms with Crippen LogP contribution in [0.25, 0.3) is 0 Å². The summed E-state index contributed by atoms with van der Waals surface area (Å²) < 4.78 is 11.3. The van der Waals surface area contributed by atoms with Gasteiger partial charge in [0.25, 0.3) is 0 Å². The number of fused-ring (bicyclic) bond motifs is 1. The van der Waals surface area contributed by atoms with Gasteiger partial charge in [0.05, 0.1) is 18.9 Å². The Kier molecular flexibility index (Phi) is 4.12. The molecule has 0 aromatic heterocycles. The second-order valence-corrected chi connectivity index (χ2v) is 6.89. The Hall–Kier alpha value is -1.75. The van der Waals surface area contributed by atoms with Crippen molar-refractivity contribution in [3.05, 3.63) is 24.3 Å². The quantitative estimate of drug-likeness (QED) is 0.932. The molecule has 1 N–H and O–H groups in total. The number of benzene rings is 1. The molecule has 1 aromatic rings. The molecule has 1 aromatic carbocycles. The summed E-state index contributed by atoms with van der Waals surface area (Å²) in [7, 11) is 0. The van der Waals surface area contributed by atoms with E-state index in [1.165, 1.54) is 19.3 Å². The summed E-state index contributed by atoms with van der Waals surface area (Å²) in [6, 6.07) is 7.66. The van der Waals surface area contributed by atoms with Crippen molar-refractivity contribution in [1.82, 2.24) is 4.90 Å². The molecule has 5 heteroatoms. The molecule has 0 bridgehead atoms. The van der Waals surface area contributed by atoms with Crippen LogP contribution in [0.5, 0.6) is 5.75 Å². The van der Waals surface area contributed by atoms with Gasteiger partial charge in [0.2, 0.25) is 0 Å². The lowest BCUT2D eigenvalue weighted by molar-refractivity contribution is 0.142. The van der Waals surface area contributed by atoms with Crippen LogP contribution in [0.15, 0.2) is 24.3 Å². The Balaban J connectivity index is 1.41. The number of rotatable bonds is 3. The molecule has 1 aliphatic carbocycles. The van der Waals surface area contributed by atoms with Crippen molar-refractivity contribution < 1.29 is 14.3 Å². The van der Waals surface area contributed by atoms with Crippen LogP contribution in [0.1, 0.15) is 25.7 Å². The van der Waals surface area contributed by atoms with Crippen LogP contribution in [0.2, 0.25) is 0 Å². The number of para-hydroxylation sites is 2. The predicted molar refractivity (Wildman–Crippen MR) is 87.7 cm³/mol. The van der Waals surface area contributed by atoms with Gasteiger partial charge < -0.3 is 19.7 Å². The Labute approximate surface area is 136 Å². The Morgan fingerprint density at radius 2 is 1.96 bits per heavy atom. The summed E-state index contributed by atoms with van der Waals surface area (Å²) >= 11 is 0. The first-order valence-corrected chi connectivity index (χ1v) is 8.69. The molecule has 1 saturated carbocycles. The molecule has 2 saturated heterocycles. The molecule has 0 radical (unpaired) electrons. The zero-order chi connectivity index (χ0) is 15.6. The van der Waals surface area contributed by atoms with Crippen molar-refractivity contribution >= 4 is 11.7 Å². The van der Waals surface area contributed by atoms with Crippen molar-refractivity contribution in [2.75, 3.05) is 31.6 Å². The predicted octanol–water partition coefficient (Wildman–Crippen LogP) is 3.12. The van der Waals surface area contributed by atoms with Crippen LogP contribution in [-0.4, -0.2) is 43.3 Å². The van der Waals surface area contributed by atoms with Crippen LogP contribution in [0, 0.1) is 11.8 Å². The number of carbonyl (C=O) groups excluding carboxylic acids is 1. The number of hydrogen-bond donors (Lipinski definition) is 1. The largest absolute Gasteiger partial charge is 0.486 e. The molecule has 2 amide bonds. The van der Waals surface area contributed by atoms with Gasteiger partial charge in [0.15, 0.2) is 0 Å². The molecule has 5 nitrogen and oxygen atoms in total. The van der Waals surface area contributed by atoms with E-state index in [4.69, 9.17) is 9.47 Å². The highest BCUT2D eigenvalue weighted by Crippen LogP contribution is 2.38. The lowest BCUT2D eigenvalue weighted by Crippen LogP contribution is -2.33.